The molecule has 2 aliphatic rings. The number of fused-ring (bicyclic) bond motifs is 1. The summed E-state index contributed by atoms with van der Waals surface area (Å²) in [6.45, 7) is 8.38. The van der Waals surface area contributed by atoms with Crippen LogP contribution in [0.3, 0.4) is 0 Å². The molecule has 7 heteroatoms. The highest BCUT2D eigenvalue weighted by Gasteiger charge is 2.23. The number of aromatic nitrogens is 4. The number of rotatable bonds is 5. The zero-order chi connectivity index (χ0) is 18.8. The summed E-state index contributed by atoms with van der Waals surface area (Å²) >= 11 is 0. The van der Waals surface area contributed by atoms with Gasteiger partial charge in [-0.25, -0.2) is 4.98 Å². The molecule has 0 radical (unpaired) electrons. The van der Waals surface area contributed by atoms with E-state index in [1.54, 1.807) is 0 Å². The molecule has 144 valence electrons. The van der Waals surface area contributed by atoms with Gasteiger partial charge in [0.2, 0.25) is 0 Å². The number of aliphatic imine (C=N–C) groups is 1. The topological polar surface area (TPSA) is 79.2 Å². The van der Waals surface area contributed by atoms with Crippen LogP contribution in [0.1, 0.15) is 60.9 Å². The summed E-state index contributed by atoms with van der Waals surface area (Å²) in [5.41, 5.74) is 5.02. The van der Waals surface area contributed by atoms with E-state index in [0.29, 0.717) is 12.4 Å². The quantitative estimate of drug-likeness (QED) is 0.878. The van der Waals surface area contributed by atoms with Crippen LogP contribution in [0.4, 0.5) is 0 Å². The highest BCUT2D eigenvalue weighted by Crippen LogP contribution is 2.19. The van der Waals surface area contributed by atoms with Gasteiger partial charge in [0.1, 0.15) is 0 Å². The second kappa shape index (κ2) is 7.76. The van der Waals surface area contributed by atoms with Crippen LogP contribution in [0.5, 0.6) is 0 Å². The molecule has 2 aromatic rings. The van der Waals surface area contributed by atoms with E-state index in [9.17, 15) is 4.79 Å². The van der Waals surface area contributed by atoms with Crippen LogP contribution in [-0.4, -0.2) is 43.4 Å². The van der Waals surface area contributed by atoms with Gasteiger partial charge < -0.3 is 4.98 Å². The van der Waals surface area contributed by atoms with Crippen molar-refractivity contribution in [2.75, 3.05) is 13.1 Å². The van der Waals surface area contributed by atoms with E-state index in [1.807, 2.05) is 4.68 Å². The van der Waals surface area contributed by atoms with Crippen LogP contribution >= 0.6 is 0 Å². The van der Waals surface area contributed by atoms with Crippen LogP contribution in [0.25, 0.3) is 0 Å². The molecule has 0 spiro atoms. The predicted molar refractivity (Wildman–Crippen MR) is 105 cm³/mol. The first-order chi connectivity index (χ1) is 13.1. The Labute approximate surface area is 159 Å². The minimum atomic E-state index is -0.00799. The van der Waals surface area contributed by atoms with Gasteiger partial charge in [-0.1, -0.05) is 6.92 Å². The van der Waals surface area contributed by atoms with E-state index in [0.717, 1.165) is 80.9 Å². The molecule has 0 fully saturated rings. The van der Waals surface area contributed by atoms with E-state index in [4.69, 9.17) is 4.98 Å². The zero-order valence-corrected chi connectivity index (χ0v) is 16.3. The van der Waals surface area contributed by atoms with Gasteiger partial charge in [-0.15, -0.1) is 0 Å². The Morgan fingerprint density at radius 3 is 2.93 bits per heavy atom. The lowest BCUT2D eigenvalue weighted by Crippen LogP contribution is -2.36. The molecule has 4 rings (SSSR count). The fourth-order valence-electron chi connectivity index (χ4n) is 3.94. The minimum Gasteiger partial charge on any atom is -0.305 e. The summed E-state index contributed by atoms with van der Waals surface area (Å²) in [5, 5.41) is 4.59. The van der Waals surface area contributed by atoms with Crippen molar-refractivity contribution >= 4 is 5.71 Å². The molecule has 2 aliphatic heterocycles. The Morgan fingerprint density at radius 1 is 1.26 bits per heavy atom. The molecule has 0 aromatic carbocycles. The molecule has 0 amide bonds. The maximum Gasteiger partial charge on any atom is 0.255 e. The molecule has 0 saturated carbocycles. The van der Waals surface area contributed by atoms with Gasteiger partial charge >= 0.3 is 0 Å². The summed E-state index contributed by atoms with van der Waals surface area (Å²) in [5.74, 6) is 0.684. The standard InChI is InChI=1S/C20H28N6O/c1-3-9-26-12-15(14(2)24-26)11-25-10-7-17-16(13-25)20(27)23-19(22-17)18-6-4-5-8-21-18/h12H,3-11,13H2,1-2H3,(H,22,23,27). The first kappa shape index (κ1) is 18.1. The Kier molecular flexibility index (Phi) is 5.20. The summed E-state index contributed by atoms with van der Waals surface area (Å²) in [6.07, 6.45) is 7.18. The molecular formula is C20H28N6O. The van der Waals surface area contributed by atoms with E-state index >= 15 is 0 Å². The van der Waals surface area contributed by atoms with Crippen LogP contribution in [0.15, 0.2) is 16.0 Å². The fraction of sp³-hybridized carbons (Fsp3) is 0.600. The molecule has 0 unspecified atom stereocenters. The SMILES string of the molecule is CCCn1cc(CN2CCc3nc(C4=NCCCC4)[nH]c(=O)c3C2)c(C)n1. The van der Waals surface area contributed by atoms with Crippen molar-refractivity contribution in [2.24, 2.45) is 4.99 Å². The van der Waals surface area contributed by atoms with Gasteiger partial charge in [-0.05, 0) is 32.6 Å². The third-order valence-electron chi connectivity index (χ3n) is 5.44. The average Bonchev–Trinajstić information content (AvgIpc) is 3.02. The van der Waals surface area contributed by atoms with Gasteiger partial charge in [0.25, 0.3) is 5.56 Å². The second-order valence-electron chi connectivity index (χ2n) is 7.59. The van der Waals surface area contributed by atoms with Crippen LogP contribution < -0.4 is 5.56 Å². The number of nitrogens with zero attached hydrogens (tertiary/aromatic N) is 5. The normalized spacial score (nSPS) is 17.6. The molecular weight excluding hydrogens is 340 g/mol. The third kappa shape index (κ3) is 3.88. The van der Waals surface area contributed by atoms with Crippen LogP contribution in [0.2, 0.25) is 0 Å². The highest BCUT2D eigenvalue weighted by atomic mass is 16.1. The lowest BCUT2D eigenvalue weighted by atomic mass is 10.0. The Morgan fingerprint density at radius 2 is 2.15 bits per heavy atom. The van der Waals surface area contributed by atoms with Crippen LogP contribution in [0, 0.1) is 6.92 Å². The van der Waals surface area contributed by atoms with Gasteiger partial charge in [-0.3, -0.25) is 19.4 Å². The number of aromatic amines is 1. The van der Waals surface area contributed by atoms with Gasteiger partial charge in [0, 0.05) is 50.9 Å². The maximum absolute atomic E-state index is 12.7. The van der Waals surface area contributed by atoms with Gasteiger partial charge in [-0.2, -0.15) is 5.10 Å². The first-order valence-electron chi connectivity index (χ1n) is 10.0. The molecule has 2 aromatic heterocycles. The monoisotopic (exact) mass is 368 g/mol. The van der Waals surface area contributed by atoms with Gasteiger partial charge in [0.15, 0.2) is 5.82 Å². The van der Waals surface area contributed by atoms with Crippen molar-refractivity contribution < 1.29 is 0 Å². The van der Waals surface area contributed by atoms with Gasteiger partial charge in [0.05, 0.1) is 22.7 Å². The van der Waals surface area contributed by atoms with E-state index in [2.05, 4.69) is 40.0 Å². The number of nitrogens with one attached hydrogen (secondary N) is 1. The third-order valence-corrected chi connectivity index (χ3v) is 5.44. The number of hydrogen-bond donors (Lipinski definition) is 1. The van der Waals surface area contributed by atoms with Crippen molar-refractivity contribution in [3.63, 3.8) is 0 Å². The van der Waals surface area contributed by atoms with E-state index in [-0.39, 0.29) is 5.56 Å². The summed E-state index contributed by atoms with van der Waals surface area (Å²) in [4.78, 5) is 27.3. The summed E-state index contributed by atoms with van der Waals surface area (Å²) < 4.78 is 2.02. The lowest BCUT2D eigenvalue weighted by Gasteiger charge is -2.27. The van der Waals surface area contributed by atoms with Crippen LogP contribution in [-0.2, 0) is 26.1 Å². The Bertz CT molecular complexity index is 910. The molecule has 0 bridgehead atoms. The van der Waals surface area contributed by atoms with Crippen molar-refractivity contribution in [1.29, 1.82) is 0 Å². The summed E-state index contributed by atoms with van der Waals surface area (Å²) in [7, 11) is 0. The smallest absolute Gasteiger partial charge is 0.255 e. The zero-order valence-electron chi connectivity index (χ0n) is 16.3. The Hall–Kier alpha value is -2.28. The van der Waals surface area contributed by atoms with E-state index < -0.39 is 0 Å². The highest BCUT2D eigenvalue weighted by molar-refractivity contribution is 5.97. The lowest BCUT2D eigenvalue weighted by molar-refractivity contribution is 0.241. The fourth-order valence-corrected chi connectivity index (χ4v) is 3.94. The first-order valence-corrected chi connectivity index (χ1v) is 10.0. The number of H-pyrrole nitrogens is 1. The Balaban J connectivity index is 1.51. The second-order valence-corrected chi connectivity index (χ2v) is 7.59. The molecule has 27 heavy (non-hydrogen) atoms. The maximum atomic E-state index is 12.7. The molecule has 1 N–H and O–H groups in total. The molecule has 0 atom stereocenters. The number of hydrogen-bond acceptors (Lipinski definition) is 5. The van der Waals surface area contributed by atoms with Crippen molar-refractivity contribution in [3.8, 4) is 0 Å². The summed E-state index contributed by atoms with van der Waals surface area (Å²) in [6, 6.07) is 0. The minimum absolute atomic E-state index is 0.00799. The predicted octanol–water partition coefficient (Wildman–Crippen LogP) is 2.22. The largest absolute Gasteiger partial charge is 0.305 e. The average molecular weight is 368 g/mol. The molecule has 7 nitrogen and oxygen atoms in total. The van der Waals surface area contributed by atoms with Crippen molar-refractivity contribution in [3.05, 3.63) is 44.9 Å². The van der Waals surface area contributed by atoms with E-state index in [1.165, 1.54) is 5.56 Å². The molecule has 4 heterocycles. The molecule has 0 aliphatic carbocycles. The molecule has 0 saturated heterocycles. The number of aryl methyl sites for hydroxylation is 2. The van der Waals surface area contributed by atoms with Crippen molar-refractivity contribution in [2.45, 2.75) is 65.6 Å². The van der Waals surface area contributed by atoms with Crippen molar-refractivity contribution in [1.82, 2.24) is 24.6 Å².